The van der Waals surface area contributed by atoms with Gasteiger partial charge in [-0.2, -0.15) is 28.5 Å². The van der Waals surface area contributed by atoms with Crippen LogP contribution in [0.1, 0.15) is 42.6 Å². The number of rotatable bonds is 5. The highest BCUT2D eigenvalue weighted by molar-refractivity contribution is 6.32. The lowest BCUT2D eigenvalue weighted by molar-refractivity contribution is -0.117. The number of pyridine rings is 1. The number of amides is 1. The minimum atomic E-state index is -2.84. The van der Waals surface area contributed by atoms with Gasteiger partial charge in [0.25, 0.3) is 0 Å². The summed E-state index contributed by atoms with van der Waals surface area (Å²) in [5.41, 5.74) is 0.918. The number of fused-ring (bicyclic) bond motifs is 3. The van der Waals surface area contributed by atoms with Crippen molar-refractivity contribution in [3.63, 3.8) is 0 Å². The van der Waals surface area contributed by atoms with Gasteiger partial charge < -0.3 is 5.32 Å². The number of carbonyl (C=O) groups is 1. The quantitative estimate of drug-likeness (QED) is 0.370. The van der Waals surface area contributed by atoms with Crippen LogP contribution in [-0.4, -0.2) is 50.3 Å². The van der Waals surface area contributed by atoms with Crippen LogP contribution in [0.15, 0.2) is 49.3 Å². The van der Waals surface area contributed by atoms with E-state index in [-0.39, 0.29) is 22.9 Å². The van der Waals surface area contributed by atoms with Crippen molar-refractivity contribution in [2.75, 3.05) is 5.32 Å². The number of alkyl halides is 2. The normalized spacial score (nSPS) is 19.0. The second-order valence-corrected chi connectivity index (χ2v) is 9.12. The van der Waals surface area contributed by atoms with Crippen LogP contribution in [0.25, 0.3) is 11.5 Å². The molecule has 37 heavy (non-hydrogen) atoms. The molecule has 5 aromatic rings. The zero-order valence-electron chi connectivity index (χ0n) is 18.9. The summed E-state index contributed by atoms with van der Waals surface area (Å²) in [6.07, 6.45) is 8.54. The van der Waals surface area contributed by atoms with E-state index >= 15 is 0 Å². The predicted molar refractivity (Wildman–Crippen MR) is 123 cm³/mol. The third-order valence-electron chi connectivity index (χ3n) is 6.44. The van der Waals surface area contributed by atoms with Crippen molar-refractivity contribution in [1.29, 1.82) is 0 Å². The Morgan fingerprint density at radius 2 is 1.95 bits per heavy atom. The van der Waals surface area contributed by atoms with Gasteiger partial charge in [-0.05, 0) is 19.4 Å². The molecule has 2 unspecified atom stereocenters. The minimum Gasteiger partial charge on any atom is -0.324 e. The number of nitrogens with zero attached hydrogens (tertiary/aromatic N) is 9. The molecule has 5 heterocycles. The van der Waals surface area contributed by atoms with Crippen molar-refractivity contribution in [2.24, 2.45) is 0 Å². The summed E-state index contributed by atoms with van der Waals surface area (Å²) in [6, 6.07) is 2.66. The summed E-state index contributed by atoms with van der Waals surface area (Å²) in [4.78, 5) is 23.2. The Bertz CT molecular complexity index is 1650. The molecule has 0 aliphatic heterocycles. The fourth-order valence-corrected chi connectivity index (χ4v) is 5.00. The molecule has 2 atom stereocenters. The van der Waals surface area contributed by atoms with Gasteiger partial charge in [0, 0.05) is 35.0 Å². The standard InChI is InChI=1S/C22H16ClF3N10O/c1-22(11-7-31-34(10-11)21(25)26)6-13(14-9-27-17-5-16(24)33-35(17)18(14)22)20(37)32-12-4-15(23)19(28-8-12)36-29-2-3-30-36/h2-5,7-10,13,21H,6H2,1H3,(H,32,37). The molecule has 0 saturated carbocycles. The van der Waals surface area contributed by atoms with Crippen molar-refractivity contribution in [3.05, 3.63) is 77.1 Å². The SMILES string of the molecule is CC1(c2cnn(C(F)F)c2)CC(C(=O)Nc2cnc(-n3nccn3)c(Cl)c2)c2cnc3cc(F)nn3c21. The van der Waals surface area contributed by atoms with Crippen LogP contribution >= 0.6 is 11.6 Å². The summed E-state index contributed by atoms with van der Waals surface area (Å²) < 4.78 is 42.5. The Morgan fingerprint density at radius 1 is 1.16 bits per heavy atom. The first-order chi connectivity index (χ1) is 17.7. The first kappa shape index (κ1) is 23.1. The van der Waals surface area contributed by atoms with E-state index in [0.717, 1.165) is 6.07 Å². The molecule has 5 aromatic heterocycles. The Kier molecular flexibility index (Phi) is 5.22. The maximum atomic E-state index is 14.1. The van der Waals surface area contributed by atoms with Gasteiger partial charge in [-0.15, -0.1) is 9.90 Å². The zero-order chi connectivity index (χ0) is 25.9. The van der Waals surface area contributed by atoms with Crippen molar-refractivity contribution >= 4 is 28.8 Å². The lowest BCUT2D eigenvalue weighted by Crippen LogP contribution is -2.25. The lowest BCUT2D eigenvalue weighted by Gasteiger charge is -2.24. The molecule has 0 bridgehead atoms. The zero-order valence-corrected chi connectivity index (χ0v) is 19.7. The highest BCUT2D eigenvalue weighted by Crippen LogP contribution is 2.50. The molecule has 1 aliphatic rings. The van der Waals surface area contributed by atoms with Crippen molar-refractivity contribution in [1.82, 2.24) is 44.4 Å². The average molecular weight is 529 g/mol. The van der Waals surface area contributed by atoms with Crippen molar-refractivity contribution < 1.29 is 18.0 Å². The summed E-state index contributed by atoms with van der Waals surface area (Å²) >= 11 is 6.32. The molecular formula is C22H16ClF3N10O. The van der Waals surface area contributed by atoms with Crippen LogP contribution in [0, 0.1) is 5.95 Å². The van der Waals surface area contributed by atoms with E-state index in [0.29, 0.717) is 27.2 Å². The molecule has 6 rings (SSSR count). The van der Waals surface area contributed by atoms with Gasteiger partial charge in [0.1, 0.15) is 0 Å². The molecule has 0 aromatic carbocycles. The monoisotopic (exact) mass is 528 g/mol. The van der Waals surface area contributed by atoms with E-state index in [1.165, 1.54) is 52.6 Å². The van der Waals surface area contributed by atoms with Crippen LogP contribution in [0.4, 0.5) is 18.9 Å². The average Bonchev–Trinajstić information content (AvgIpc) is 3.64. The highest BCUT2D eigenvalue weighted by atomic mass is 35.5. The molecule has 188 valence electrons. The van der Waals surface area contributed by atoms with Crippen LogP contribution in [0.5, 0.6) is 0 Å². The van der Waals surface area contributed by atoms with E-state index in [1.54, 1.807) is 6.92 Å². The molecule has 1 aliphatic carbocycles. The van der Waals surface area contributed by atoms with Crippen LogP contribution in [-0.2, 0) is 10.2 Å². The Labute approximate surface area is 210 Å². The van der Waals surface area contributed by atoms with E-state index in [9.17, 15) is 18.0 Å². The summed E-state index contributed by atoms with van der Waals surface area (Å²) in [5, 5.41) is 18.6. The summed E-state index contributed by atoms with van der Waals surface area (Å²) in [6.45, 7) is -1.07. The van der Waals surface area contributed by atoms with Crippen LogP contribution in [0.3, 0.4) is 0 Å². The molecule has 15 heteroatoms. The number of nitrogens with one attached hydrogen (secondary N) is 1. The smallest absolute Gasteiger partial charge is 0.324 e. The number of hydrogen-bond acceptors (Lipinski definition) is 7. The number of carbonyl (C=O) groups excluding carboxylic acids is 1. The van der Waals surface area contributed by atoms with Gasteiger partial charge in [-0.3, -0.25) is 4.79 Å². The third kappa shape index (κ3) is 3.71. The second-order valence-electron chi connectivity index (χ2n) is 8.71. The topological polar surface area (TPSA) is 121 Å². The third-order valence-corrected chi connectivity index (χ3v) is 6.72. The fraction of sp³-hybridized carbons (Fsp3) is 0.227. The van der Waals surface area contributed by atoms with Crippen molar-refractivity contribution in [2.45, 2.75) is 31.2 Å². The van der Waals surface area contributed by atoms with Gasteiger partial charge in [0.05, 0.1) is 47.1 Å². The number of aromatic nitrogens is 9. The van der Waals surface area contributed by atoms with Gasteiger partial charge in [0.2, 0.25) is 11.9 Å². The molecule has 11 nitrogen and oxygen atoms in total. The van der Waals surface area contributed by atoms with E-state index < -0.39 is 29.7 Å². The Balaban J connectivity index is 1.38. The lowest BCUT2D eigenvalue weighted by atomic mass is 9.80. The van der Waals surface area contributed by atoms with E-state index in [1.807, 2.05) is 0 Å². The molecule has 1 N–H and O–H groups in total. The van der Waals surface area contributed by atoms with Gasteiger partial charge in [-0.1, -0.05) is 11.6 Å². The first-order valence-electron chi connectivity index (χ1n) is 10.9. The van der Waals surface area contributed by atoms with Gasteiger partial charge >= 0.3 is 6.55 Å². The minimum absolute atomic E-state index is 0.168. The maximum Gasteiger partial charge on any atom is 0.333 e. The number of anilines is 1. The molecule has 0 radical (unpaired) electrons. The van der Waals surface area contributed by atoms with Crippen LogP contribution < -0.4 is 5.32 Å². The van der Waals surface area contributed by atoms with Gasteiger partial charge in [-0.25, -0.2) is 19.2 Å². The largest absolute Gasteiger partial charge is 0.333 e. The molecule has 0 fully saturated rings. The Hall–Kier alpha value is -4.33. The molecule has 0 saturated heterocycles. The predicted octanol–water partition coefficient (Wildman–Crippen LogP) is 3.52. The van der Waals surface area contributed by atoms with E-state index in [4.69, 9.17) is 11.6 Å². The highest BCUT2D eigenvalue weighted by Gasteiger charge is 2.48. The maximum absolute atomic E-state index is 14.1. The summed E-state index contributed by atoms with van der Waals surface area (Å²) in [7, 11) is 0. The fourth-order valence-electron chi connectivity index (χ4n) is 4.76. The molecule has 0 spiro atoms. The van der Waals surface area contributed by atoms with Crippen LogP contribution in [0.2, 0.25) is 5.02 Å². The first-order valence-corrected chi connectivity index (χ1v) is 11.3. The number of halogens is 4. The van der Waals surface area contributed by atoms with Crippen molar-refractivity contribution in [3.8, 4) is 5.82 Å². The Morgan fingerprint density at radius 3 is 2.65 bits per heavy atom. The van der Waals surface area contributed by atoms with Gasteiger partial charge in [0.15, 0.2) is 11.5 Å². The van der Waals surface area contributed by atoms with E-state index in [2.05, 4.69) is 35.7 Å². The molecular weight excluding hydrogens is 513 g/mol. The molecule has 1 amide bonds. The number of hydrogen-bond donors (Lipinski definition) is 1. The second kappa shape index (κ2) is 8.37. The summed E-state index contributed by atoms with van der Waals surface area (Å²) in [5.74, 6) is -1.66.